The van der Waals surface area contributed by atoms with Gasteiger partial charge in [-0.15, -0.1) is 0 Å². The Kier molecular flexibility index (Phi) is 8.35. The largest absolute Gasteiger partial charge is 0.385 e. The van der Waals surface area contributed by atoms with Crippen LogP contribution in [0.25, 0.3) is 0 Å². The first-order chi connectivity index (χ1) is 10.2. The first-order valence-corrected chi connectivity index (χ1v) is 7.57. The SMILES string of the molecule is CCCN(CCC)c1cc(C(=O)NCCCOC)ncn1. The summed E-state index contributed by atoms with van der Waals surface area (Å²) in [5.74, 6) is 0.651. The Bertz CT molecular complexity index is 420. The predicted molar refractivity (Wildman–Crippen MR) is 83.7 cm³/mol. The highest BCUT2D eigenvalue weighted by Gasteiger charge is 2.11. The minimum atomic E-state index is -0.164. The zero-order valence-electron chi connectivity index (χ0n) is 13.3. The van der Waals surface area contributed by atoms with Crippen LogP contribution < -0.4 is 10.2 Å². The molecule has 1 N–H and O–H groups in total. The summed E-state index contributed by atoms with van der Waals surface area (Å²) in [5.41, 5.74) is 0.412. The molecule has 0 saturated carbocycles. The zero-order valence-corrected chi connectivity index (χ0v) is 13.3. The number of amides is 1. The van der Waals surface area contributed by atoms with Gasteiger partial charge in [-0.05, 0) is 19.3 Å². The van der Waals surface area contributed by atoms with E-state index >= 15 is 0 Å². The number of hydrogen-bond acceptors (Lipinski definition) is 5. The van der Waals surface area contributed by atoms with E-state index in [1.807, 2.05) is 0 Å². The lowest BCUT2D eigenvalue weighted by atomic mass is 10.3. The molecule has 0 atom stereocenters. The number of ether oxygens (including phenoxy) is 1. The number of aromatic nitrogens is 2. The van der Waals surface area contributed by atoms with Crippen LogP contribution in [0.4, 0.5) is 5.82 Å². The molecule has 1 aromatic heterocycles. The van der Waals surface area contributed by atoms with E-state index in [1.54, 1.807) is 13.2 Å². The molecular formula is C15H26N4O2. The van der Waals surface area contributed by atoms with Crippen LogP contribution in [0.15, 0.2) is 12.4 Å². The van der Waals surface area contributed by atoms with Gasteiger partial charge < -0.3 is 15.0 Å². The van der Waals surface area contributed by atoms with Crippen molar-refractivity contribution in [1.29, 1.82) is 0 Å². The summed E-state index contributed by atoms with van der Waals surface area (Å²) in [6, 6.07) is 1.76. The highest BCUT2D eigenvalue weighted by molar-refractivity contribution is 5.92. The molecule has 1 heterocycles. The van der Waals surface area contributed by atoms with Crippen LogP contribution in [-0.4, -0.2) is 49.2 Å². The molecule has 0 aromatic carbocycles. The van der Waals surface area contributed by atoms with Crippen LogP contribution in [0.1, 0.15) is 43.6 Å². The van der Waals surface area contributed by atoms with Gasteiger partial charge in [0.25, 0.3) is 5.91 Å². The Morgan fingerprint density at radius 3 is 2.62 bits per heavy atom. The van der Waals surface area contributed by atoms with E-state index in [4.69, 9.17) is 4.74 Å². The van der Waals surface area contributed by atoms with Gasteiger partial charge in [-0.25, -0.2) is 9.97 Å². The highest BCUT2D eigenvalue weighted by Crippen LogP contribution is 2.12. The smallest absolute Gasteiger partial charge is 0.270 e. The first-order valence-electron chi connectivity index (χ1n) is 7.57. The number of anilines is 1. The van der Waals surface area contributed by atoms with Gasteiger partial charge >= 0.3 is 0 Å². The van der Waals surface area contributed by atoms with Crippen LogP contribution in [0, 0.1) is 0 Å². The Hall–Kier alpha value is -1.69. The van der Waals surface area contributed by atoms with Gasteiger partial charge in [0.2, 0.25) is 0 Å². The summed E-state index contributed by atoms with van der Waals surface area (Å²) >= 11 is 0. The standard InChI is InChI=1S/C15H26N4O2/c1-4-8-19(9-5-2)14-11-13(17-12-18-14)15(20)16-7-6-10-21-3/h11-12H,4-10H2,1-3H3,(H,16,20). The molecule has 0 fully saturated rings. The molecule has 0 aliphatic carbocycles. The molecule has 1 amide bonds. The van der Waals surface area contributed by atoms with Crippen molar-refractivity contribution >= 4 is 11.7 Å². The molecule has 6 heteroatoms. The molecule has 6 nitrogen and oxygen atoms in total. The summed E-state index contributed by atoms with van der Waals surface area (Å²) < 4.78 is 4.95. The maximum atomic E-state index is 12.0. The van der Waals surface area contributed by atoms with Crippen molar-refractivity contribution in [3.63, 3.8) is 0 Å². The van der Waals surface area contributed by atoms with E-state index in [0.717, 1.165) is 38.2 Å². The number of nitrogens with zero attached hydrogens (tertiary/aromatic N) is 3. The average Bonchev–Trinajstić information content (AvgIpc) is 2.51. The molecule has 0 aliphatic heterocycles. The molecule has 0 radical (unpaired) electrons. The fourth-order valence-corrected chi connectivity index (χ4v) is 2.03. The molecule has 118 valence electrons. The van der Waals surface area contributed by atoms with Gasteiger partial charge in [-0.3, -0.25) is 4.79 Å². The zero-order chi connectivity index (χ0) is 15.5. The van der Waals surface area contributed by atoms with Crippen molar-refractivity contribution in [2.75, 3.05) is 38.3 Å². The van der Waals surface area contributed by atoms with Crippen LogP contribution in [0.2, 0.25) is 0 Å². The van der Waals surface area contributed by atoms with Gasteiger partial charge in [0, 0.05) is 39.4 Å². The third kappa shape index (κ3) is 6.08. The van der Waals surface area contributed by atoms with E-state index in [-0.39, 0.29) is 5.91 Å². The van der Waals surface area contributed by atoms with Gasteiger partial charge in [0.1, 0.15) is 17.8 Å². The summed E-state index contributed by atoms with van der Waals surface area (Å²) in [4.78, 5) is 22.6. The fraction of sp³-hybridized carbons (Fsp3) is 0.667. The quantitative estimate of drug-likeness (QED) is 0.667. The lowest BCUT2D eigenvalue weighted by Gasteiger charge is -2.22. The minimum Gasteiger partial charge on any atom is -0.385 e. The van der Waals surface area contributed by atoms with Gasteiger partial charge in [0.05, 0.1) is 0 Å². The second-order valence-corrected chi connectivity index (χ2v) is 4.85. The van der Waals surface area contributed by atoms with Crippen LogP contribution in [0.5, 0.6) is 0 Å². The summed E-state index contributed by atoms with van der Waals surface area (Å²) in [6.45, 7) is 7.34. The minimum absolute atomic E-state index is 0.164. The number of rotatable bonds is 10. The molecule has 1 rings (SSSR count). The Morgan fingerprint density at radius 1 is 1.29 bits per heavy atom. The maximum Gasteiger partial charge on any atom is 0.270 e. The van der Waals surface area contributed by atoms with Crippen molar-refractivity contribution in [3.8, 4) is 0 Å². The highest BCUT2D eigenvalue weighted by atomic mass is 16.5. The van der Waals surface area contributed by atoms with Crippen molar-refractivity contribution in [2.45, 2.75) is 33.1 Å². The molecule has 0 saturated heterocycles. The maximum absolute atomic E-state index is 12.0. The number of hydrogen-bond donors (Lipinski definition) is 1. The monoisotopic (exact) mass is 294 g/mol. The molecule has 0 bridgehead atoms. The second-order valence-electron chi connectivity index (χ2n) is 4.85. The molecule has 0 aliphatic rings. The first kappa shape index (κ1) is 17.4. The van der Waals surface area contributed by atoms with E-state index in [1.165, 1.54) is 6.33 Å². The van der Waals surface area contributed by atoms with E-state index in [0.29, 0.717) is 18.8 Å². The number of methoxy groups -OCH3 is 1. The van der Waals surface area contributed by atoms with Crippen molar-refractivity contribution in [2.24, 2.45) is 0 Å². The van der Waals surface area contributed by atoms with Crippen molar-refractivity contribution in [1.82, 2.24) is 15.3 Å². The van der Waals surface area contributed by atoms with E-state index in [9.17, 15) is 4.79 Å². The third-order valence-electron chi connectivity index (χ3n) is 3.01. The second kappa shape index (κ2) is 10.1. The number of carbonyl (C=O) groups excluding carboxylic acids is 1. The van der Waals surface area contributed by atoms with E-state index < -0.39 is 0 Å². The Labute approximate surface area is 126 Å². The van der Waals surface area contributed by atoms with Crippen molar-refractivity contribution < 1.29 is 9.53 Å². The molecule has 1 aromatic rings. The normalized spacial score (nSPS) is 10.4. The molecule has 0 unspecified atom stereocenters. The van der Waals surface area contributed by atoms with Gasteiger partial charge in [-0.2, -0.15) is 0 Å². The molecule has 21 heavy (non-hydrogen) atoms. The Morgan fingerprint density at radius 2 is 2.00 bits per heavy atom. The lowest BCUT2D eigenvalue weighted by Crippen LogP contribution is -2.28. The average molecular weight is 294 g/mol. The molecule has 0 spiro atoms. The van der Waals surface area contributed by atoms with Gasteiger partial charge in [-0.1, -0.05) is 13.8 Å². The summed E-state index contributed by atoms with van der Waals surface area (Å²) in [6.07, 6.45) is 4.33. The van der Waals surface area contributed by atoms with E-state index in [2.05, 4.69) is 34.0 Å². The van der Waals surface area contributed by atoms with Crippen LogP contribution in [-0.2, 0) is 4.74 Å². The third-order valence-corrected chi connectivity index (χ3v) is 3.01. The fourth-order valence-electron chi connectivity index (χ4n) is 2.03. The van der Waals surface area contributed by atoms with Crippen molar-refractivity contribution in [3.05, 3.63) is 18.1 Å². The van der Waals surface area contributed by atoms with Crippen LogP contribution in [0.3, 0.4) is 0 Å². The summed E-state index contributed by atoms with van der Waals surface area (Å²) in [7, 11) is 1.65. The summed E-state index contributed by atoms with van der Waals surface area (Å²) in [5, 5.41) is 2.84. The number of nitrogens with one attached hydrogen (secondary N) is 1. The lowest BCUT2D eigenvalue weighted by molar-refractivity contribution is 0.0943. The number of carbonyl (C=O) groups is 1. The Balaban J connectivity index is 2.67. The molecular weight excluding hydrogens is 268 g/mol. The van der Waals surface area contributed by atoms with Gasteiger partial charge in [0.15, 0.2) is 0 Å². The van der Waals surface area contributed by atoms with Crippen LogP contribution >= 0.6 is 0 Å². The predicted octanol–water partition coefficient (Wildman–Crippen LogP) is 1.87. The topological polar surface area (TPSA) is 67.4 Å².